The number of quaternary nitrogens is 1. The summed E-state index contributed by atoms with van der Waals surface area (Å²) in [6, 6.07) is 9.63. The van der Waals surface area contributed by atoms with Gasteiger partial charge in [0.05, 0.1) is 26.2 Å². The van der Waals surface area contributed by atoms with Gasteiger partial charge in [-0.2, -0.15) is 0 Å². The zero-order chi connectivity index (χ0) is 19.0. The lowest BCUT2D eigenvalue weighted by molar-refractivity contribution is -0.906. The predicted octanol–water partition coefficient (Wildman–Crippen LogP) is 3.74. The standard InChI is InChI=1S/C22H36NO3/c1-4-23(3,5-2)16-17-26-22(25)20(18-12-8-6-9-13-18)21(24)19-14-10-7-11-15-19/h6,8-9,12-13,19-21,24H,4-5,7,10-11,14-17H2,1-3H3/q+1/t20-,21-/m0/s1. The fraction of sp³-hybridized carbons (Fsp3) is 0.682. The number of carbonyl (C=O) groups excluding carboxylic acids is 1. The minimum Gasteiger partial charge on any atom is -0.459 e. The van der Waals surface area contributed by atoms with E-state index in [1.165, 1.54) is 6.42 Å². The molecule has 26 heavy (non-hydrogen) atoms. The molecule has 1 N–H and O–H groups in total. The Hall–Kier alpha value is -1.39. The molecule has 1 aromatic carbocycles. The maximum absolute atomic E-state index is 12.9. The van der Waals surface area contributed by atoms with Crippen LogP contribution in [0.2, 0.25) is 0 Å². The Kier molecular flexibility index (Phi) is 8.11. The number of benzene rings is 1. The van der Waals surface area contributed by atoms with E-state index in [2.05, 4.69) is 20.9 Å². The number of ether oxygens (including phenoxy) is 1. The highest BCUT2D eigenvalue weighted by Crippen LogP contribution is 2.34. The third-order valence-corrected chi connectivity index (χ3v) is 6.29. The number of aliphatic hydroxyl groups is 1. The number of hydrogen-bond acceptors (Lipinski definition) is 3. The van der Waals surface area contributed by atoms with E-state index in [0.29, 0.717) is 6.61 Å². The molecule has 1 fully saturated rings. The van der Waals surface area contributed by atoms with E-state index < -0.39 is 12.0 Å². The number of carbonyl (C=O) groups is 1. The first kappa shape index (κ1) is 20.9. The van der Waals surface area contributed by atoms with Crippen LogP contribution in [0.4, 0.5) is 0 Å². The fourth-order valence-electron chi connectivity index (χ4n) is 3.88. The first-order valence-corrected chi connectivity index (χ1v) is 10.2. The molecule has 0 bridgehead atoms. The number of rotatable bonds is 9. The molecule has 1 aliphatic carbocycles. The smallest absolute Gasteiger partial charge is 0.316 e. The van der Waals surface area contributed by atoms with E-state index in [1.54, 1.807) is 0 Å². The van der Waals surface area contributed by atoms with Crippen molar-refractivity contribution in [3.05, 3.63) is 35.9 Å². The topological polar surface area (TPSA) is 46.5 Å². The Balaban J connectivity index is 2.06. The van der Waals surface area contributed by atoms with E-state index in [-0.39, 0.29) is 11.9 Å². The molecule has 146 valence electrons. The fourth-order valence-corrected chi connectivity index (χ4v) is 3.88. The third-order valence-electron chi connectivity index (χ3n) is 6.29. The molecular formula is C22H36NO3+. The van der Waals surface area contributed by atoms with Crippen LogP contribution in [0.3, 0.4) is 0 Å². The lowest BCUT2D eigenvalue weighted by atomic mass is 9.78. The summed E-state index contributed by atoms with van der Waals surface area (Å²) >= 11 is 0. The maximum Gasteiger partial charge on any atom is 0.316 e. The normalized spacial score (nSPS) is 18.3. The Morgan fingerprint density at radius 3 is 2.35 bits per heavy atom. The van der Waals surface area contributed by atoms with E-state index >= 15 is 0 Å². The van der Waals surface area contributed by atoms with Crippen LogP contribution in [0.25, 0.3) is 0 Å². The van der Waals surface area contributed by atoms with Crippen LogP contribution in [0.15, 0.2) is 30.3 Å². The molecule has 0 saturated heterocycles. The van der Waals surface area contributed by atoms with Crippen molar-refractivity contribution in [3.8, 4) is 0 Å². The predicted molar refractivity (Wildman–Crippen MR) is 105 cm³/mol. The number of esters is 1. The summed E-state index contributed by atoms with van der Waals surface area (Å²) in [5.74, 6) is -0.678. The zero-order valence-corrected chi connectivity index (χ0v) is 16.7. The van der Waals surface area contributed by atoms with E-state index in [1.807, 2.05) is 30.3 Å². The van der Waals surface area contributed by atoms with Crippen LogP contribution in [-0.4, -0.2) is 55.0 Å². The average molecular weight is 363 g/mol. The van der Waals surface area contributed by atoms with Crippen LogP contribution in [0.1, 0.15) is 57.4 Å². The summed E-state index contributed by atoms with van der Waals surface area (Å²) in [7, 11) is 2.18. The number of hydrogen-bond donors (Lipinski definition) is 1. The maximum atomic E-state index is 12.9. The molecule has 4 nitrogen and oxygen atoms in total. The molecule has 4 heteroatoms. The van der Waals surface area contributed by atoms with E-state index in [9.17, 15) is 9.90 Å². The molecule has 0 amide bonds. The highest BCUT2D eigenvalue weighted by Gasteiger charge is 2.36. The van der Waals surface area contributed by atoms with Crippen molar-refractivity contribution in [2.45, 2.75) is 58.0 Å². The molecule has 0 radical (unpaired) electrons. The van der Waals surface area contributed by atoms with Gasteiger partial charge in [-0.1, -0.05) is 49.6 Å². The largest absolute Gasteiger partial charge is 0.459 e. The first-order chi connectivity index (χ1) is 12.5. The number of likely N-dealkylation sites (N-methyl/N-ethyl adjacent to an activating group) is 1. The van der Waals surface area contributed by atoms with Crippen LogP contribution in [0, 0.1) is 5.92 Å². The van der Waals surface area contributed by atoms with Crippen LogP contribution in [-0.2, 0) is 9.53 Å². The van der Waals surface area contributed by atoms with Gasteiger partial charge in [0.2, 0.25) is 0 Å². The molecule has 1 aliphatic rings. The molecule has 0 unspecified atom stereocenters. The van der Waals surface area contributed by atoms with Gasteiger partial charge in [-0.05, 0) is 38.2 Å². The average Bonchev–Trinajstić information content (AvgIpc) is 2.69. The van der Waals surface area contributed by atoms with Crippen molar-refractivity contribution in [1.29, 1.82) is 0 Å². The summed E-state index contributed by atoms with van der Waals surface area (Å²) in [5.41, 5.74) is 0.860. The molecular weight excluding hydrogens is 326 g/mol. The second-order valence-electron chi connectivity index (χ2n) is 7.92. The molecule has 1 saturated carbocycles. The van der Waals surface area contributed by atoms with Gasteiger partial charge in [0, 0.05) is 0 Å². The molecule has 0 heterocycles. The van der Waals surface area contributed by atoms with Gasteiger partial charge in [-0.15, -0.1) is 0 Å². The van der Waals surface area contributed by atoms with Gasteiger partial charge < -0.3 is 14.3 Å². The molecule has 0 spiro atoms. The van der Waals surface area contributed by atoms with Crippen molar-refractivity contribution in [2.75, 3.05) is 33.3 Å². The summed E-state index contributed by atoms with van der Waals surface area (Å²) < 4.78 is 6.54. The second-order valence-corrected chi connectivity index (χ2v) is 7.92. The SMILES string of the molecule is CC[N+](C)(CC)CCOC(=O)[C@@H](c1ccccc1)[C@@H](O)C1CCCCC1. The van der Waals surface area contributed by atoms with Gasteiger partial charge >= 0.3 is 5.97 Å². The van der Waals surface area contributed by atoms with Crippen molar-refractivity contribution >= 4 is 5.97 Å². The van der Waals surface area contributed by atoms with Gasteiger partial charge in [-0.25, -0.2) is 0 Å². The summed E-state index contributed by atoms with van der Waals surface area (Å²) in [6.45, 7) is 7.55. The Bertz CT molecular complexity index is 536. The Morgan fingerprint density at radius 2 is 1.77 bits per heavy atom. The van der Waals surface area contributed by atoms with Crippen molar-refractivity contribution < 1.29 is 19.1 Å². The van der Waals surface area contributed by atoms with E-state index in [0.717, 1.165) is 55.4 Å². The van der Waals surface area contributed by atoms with Crippen molar-refractivity contribution in [3.63, 3.8) is 0 Å². The third kappa shape index (κ3) is 5.55. The summed E-state index contributed by atoms with van der Waals surface area (Å²) in [6.07, 6.45) is 4.84. The lowest BCUT2D eigenvalue weighted by Crippen LogP contribution is -2.46. The van der Waals surface area contributed by atoms with Crippen molar-refractivity contribution in [2.24, 2.45) is 5.92 Å². The monoisotopic (exact) mass is 362 g/mol. The highest BCUT2D eigenvalue weighted by atomic mass is 16.5. The Morgan fingerprint density at radius 1 is 1.15 bits per heavy atom. The second kappa shape index (κ2) is 10.1. The van der Waals surface area contributed by atoms with E-state index in [4.69, 9.17) is 4.74 Å². The van der Waals surface area contributed by atoms with Gasteiger partial charge in [0.25, 0.3) is 0 Å². The minimum absolute atomic E-state index is 0.189. The minimum atomic E-state index is -0.663. The van der Waals surface area contributed by atoms with Crippen molar-refractivity contribution in [1.82, 2.24) is 0 Å². The molecule has 0 aromatic heterocycles. The van der Waals surface area contributed by atoms with Crippen LogP contribution in [0.5, 0.6) is 0 Å². The molecule has 1 aromatic rings. The summed E-state index contributed by atoms with van der Waals surface area (Å²) in [5, 5.41) is 11.0. The first-order valence-electron chi connectivity index (χ1n) is 10.2. The zero-order valence-electron chi connectivity index (χ0n) is 16.7. The quantitative estimate of drug-likeness (QED) is 0.538. The molecule has 2 atom stereocenters. The lowest BCUT2D eigenvalue weighted by Gasteiger charge is -2.33. The molecule has 0 aliphatic heterocycles. The van der Waals surface area contributed by atoms with Gasteiger partial charge in [0.15, 0.2) is 0 Å². The van der Waals surface area contributed by atoms with Gasteiger partial charge in [0.1, 0.15) is 19.1 Å². The number of aliphatic hydroxyl groups excluding tert-OH is 1. The highest BCUT2D eigenvalue weighted by molar-refractivity contribution is 5.79. The molecule has 2 rings (SSSR count). The van der Waals surface area contributed by atoms with Gasteiger partial charge in [-0.3, -0.25) is 4.79 Å². The number of nitrogens with zero attached hydrogens (tertiary/aromatic N) is 1. The van der Waals surface area contributed by atoms with Crippen LogP contribution < -0.4 is 0 Å². The summed E-state index contributed by atoms with van der Waals surface area (Å²) in [4.78, 5) is 12.9. The Labute approximate surface area is 158 Å². The van der Waals surface area contributed by atoms with Crippen LogP contribution >= 0.6 is 0 Å².